The topological polar surface area (TPSA) is 131 Å². The number of carbonyl (C=O) groups is 1. The Labute approximate surface area is 212 Å². The Morgan fingerprint density at radius 2 is 1.84 bits per heavy atom. The van der Waals surface area contributed by atoms with Gasteiger partial charge < -0.3 is 33.8 Å². The Balaban J connectivity index is 1.40. The first kappa shape index (κ1) is 25.2. The van der Waals surface area contributed by atoms with Gasteiger partial charge in [0.1, 0.15) is 29.6 Å². The maximum absolute atomic E-state index is 12.9. The molecule has 2 aromatic carbocycles. The number of hydrogen-bond donors (Lipinski definition) is 3. The summed E-state index contributed by atoms with van der Waals surface area (Å²) < 4.78 is 22.7. The number of fused-ring (bicyclic) bond motifs is 2. The second-order valence-electron chi connectivity index (χ2n) is 9.88. The largest absolute Gasteiger partial charge is 0.462 e. The molecule has 1 aliphatic rings. The molecule has 0 bridgehead atoms. The lowest BCUT2D eigenvalue weighted by Crippen LogP contribution is -2.63. The lowest BCUT2D eigenvalue weighted by Gasteiger charge is -2.46. The number of aliphatic hydroxyl groups excluding tert-OH is 2. The van der Waals surface area contributed by atoms with Crippen LogP contribution in [0.2, 0.25) is 0 Å². The van der Waals surface area contributed by atoms with E-state index in [-0.39, 0.29) is 17.8 Å². The number of nitrogens with one attached hydrogen (secondary N) is 1. The van der Waals surface area contributed by atoms with Crippen molar-refractivity contribution >= 4 is 27.7 Å². The molecule has 37 heavy (non-hydrogen) atoms. The van der Waals surface area contributed by atoms with Crippen molar-refractivity contribution in [3.63, 3.8) is 0 Å². The molecule has 2 aromatic heterocycles. The van der Waals surface area contributed by atoms with Crippen LogP contribution in [0.15, 0.2) is 57.7 Å². The summed E-state index contributed by atoms with van der Waals surface area (Å²) in [5.41, 5.74) is 0.773. The van der Waals surface area contributed by atoms with Gasteiger partial charge in [-0.2, -0.15) is 0 Å². The van der Waals surface area contributed by atoms with Crippen molar-refractivity contribution in [1.29, 1.82) is 0 Å². The molecule has 9 nitrogen and oxygen atoms in total. The molecular weight excluding hydrogens is 478 g/mol. The number of aliphatic hydroxyl groups is 2. The van der Waals surface area contributed by atoms with Crippen molar-refractivity contribution in [3.8, 4) is 5.75 Å². The van der Waals surface area contributed by atoms with Crippen LogP contribution in [0, 0.1) is 6.92 Å². The average Bonchev–Trinajstić information content (AvgIpc) is 3.30. The lowest BCUT2D eigenvalue weighted by atomic mass is 9.89. The van der Waals surface area contributed by atoms with Crippen LogP contribution in [0.5, 0.6) is 5.75 Å². The zero-order valence-corrected chi connectivity index (χ0v) is 21.0. The van der Waals surface area contributed by atoms with Gasteiger partial charge in [0.2, 0.25) is 6.29 Å². The van der Waals surface area contributed by atoms with Crippen molar-refractivity contribution in [3.05, 3.63) is 75.8 Å². The molecule has 0 saturated carbocycles. The van der Waals surface area contributed by atoms with Gasteiger partial charge in [0.15, 0.2) is 5.78 Å². The predicted molar refractivity (Wildman–Crippen MR) is 136 cm³/mol. The molecule has 5 rings (SSSR count). The van der Waals surface area contributed by atoms with E-state index in [4.69, 9.17) is 18.6 Å². The highest BCUT2D eigenvalue weighted by atomic mass is 16.7. The Morgan fingerprint density at radius 1 is 1.08 bits per heavy atom. The number of H-pyrrole nitrogens is 1. The SMILES string of the molecule is CO[C@@H]1[C@@H](O)[C@@H](O)[C@H](Oc2ccc3cc(CC(=O)c4cc5ccccc5[nH]4)c(=O)oc3c2C)OC1(C)C. The number of Topliss-reactive ketones (excluding diaryl/α,β-unsaturated/α-hetero) is 1. The number of rotatable bonds is 6. The quantitative estimate of drug-likeness (QED) is 0.268. The van der Waals surface area contributed by atoms with Crippen molar-refractivity contribution in [2.75, 3.05) is 7.11 Å². The summed E-state index contributed by atoms with van der Waals surface area (Å²) >= 11 is 0. The number of aromatic nitrogens is 1. The number of para-hydroxylation sites is 1. The van der Waals surface area contributed by atoms with Gasteiger partial charge in [-0.1, -0.05) is 18.2 Å². The van der Waals surface area contributed by atoms with Crippen LogP contribution >= 0.6 is 0 Å². The van der Waals surface area contributed by atoms with Crippen LogP contribution in [0.3, 0.4) is 0 Å². The van der Waals surface area contributed by atoms with E-state index in [1.54, 1.807) is 45.0 Å². The molecule has 9 heteroatoms. The minimum absolute atomic E-state index is 0.113. The Kier molecular flexibility index (Phi) is 6.41. The van der Waals surface area contributed by atoms with E-state index in [0.29, 0.717) is 28.0 Å². The monoisotopic (exact) mass is 507 g/mol. The summed E-state index contributed by atoms with van der Waals surface area (Å²) in [6.45, 7) is 5.18. The second-order valence-corrected chi connectivity index (χ2v) is 9.88. The third-order valence-corrected chi connectivity index (χ3v) is 6.90. The molecule has 1 saturated heterocycles. The molecule has 1 aliphatic heterocycles. The fourth-order valence-corrected chi connectivity index (χ4v) is 4.92. The standard InChI is InChI=1S/C28H29NO8/c1-14-21(35-27-23(32)22(31)25(34-4)28(2,3)37-27)10-9-16-11-17(26(33)36-24(14)16)13-20(30)19-12-15-7-5-6-8-18(15)29-19/h5-12,22-23,25,27,29,31-32H,13H2,1-4H3/t22-,23+,25+,27+/m0/s1. The molecule has 3 N–H and O–H groups in total. The number of methoxy groups -OCH3 is 1. The number of benzene rings is 2. The summed E-state index contributed by atoms with van der Waals surface area (Å²) in [5, 5.41) is 22.6. The normalized spacial score (nSPS) is 23.4. The average molecular weight is 508 g/mol. The molecule has 0 unspecified atom stereocenters. The van der Waals surface area contributed by atoms with Crippen molar-refractivity contribution in [2.45, 2.75) is 57.4 Å². The number of carbonyl (C=O) groups excluding carboxylic acids is 1. The van der Waals surface area contributed by atoms with Crippen LogP contribution in [0.25, 0.3) is 21.9 Å². The number of hydrogen-bond acceptors (Lipinski definition) is 8. The van der Waals surface area contributed by atoms with Crippen LogP contribution in [-0.2, 0) is 15.9 Å². The highest BCUT2D eigenvalue weighted by molar-refractivity contribution is 6.00. The molecule has 4 atom stereocenters. The molecule has 3 heterocycles. The van der Waals surface area contributed by atoms with E-state index in [0.717, 1.165) is 10.9 Å². The fourth-order valence-electron chi connectivity index (χ4n) is 4.92. The molecular formula is C28H29NO8. The highest BCUT2D eigenvalue weighted by Crippen LogP contribution is 2.35. The maximum Gasteiger partial charge on any atom is 0.339 e. The van der Waals surface area contributed by atoms with E-state index in [9.17, 15) is 19.8 Å². The summed E-state index contributed by atoms with van der Waals surface area (Å²) in [6, 6.07) is 14.3. The first-order chi connectivity index (χ1) is 17.6. The van der Waals surface area contributed by atoms with Crippen molar-refractivity contribution < 1.29 is 33.6 Å². The molecule has 0 spiro atoms. The summed E-state index contributed by atoms with van der Waals surface area (Å²) in [4.78, 5) is 28.8. The highest BCUT2D eigenvalue weighted by Gasteiger charge is 2.50. The van der Waals surface area contributed by atoms with Crippen LogP contribution < -0.4 is 10.4 Å². The number of aromatic amines is 1. The summed E-state index contributed by atoms with van der Waals surface area (Å²) in [6.07, 6.45) is -4.62. The van der Waals surface area contributed by atoms with E-state index < -0.39 is 35.8 Å². The van der Waals surface area contributed by atoms with Gasteiger partial charge in [0.25, 0.3) is 0 Å². The number of ether oxygens (including phenoxy) is 3. The van der Waals surface area contributed by atoms with E-state index in [1.807, 2.05) is 24.3 Å². The maximum atomic E-state index is 12.9. The molecule has 0 aliphatic carbocycles. The van der Waals surface area contributed by atoms with Gasteiger partial charge in [-0.15, -0.1) is 0 Å². The van der Waals surface area contributed by atoms with E-state index >= 15 is 0 Å². The van der Waals surface area contributed by atoms with Crippen molar-refractivity contribution in [2.24, 2.45) is 0 Å². The van der Waals surface area contributed by atoms with Gasteiger partial charge in [-0.3, -0.25) is 4.79 Å². The van der Waals surface area contributed by atoms with E-state index in [2.05, 4.69) is 4.98 Å². The lowest BCUT2D eigenvalue weighted by molar-refractivity contribution is -0.306. The Bertz CT molecular complexity index is 1500. The molecule has 1 fully saturated rings. The zero-order valence-electron chi connectivity index (χ0n) is 21.0. The Hall–Kier alpha value is -3.50. The first-order valence-electron chi connectivity index (χ1n) is 12.0. The van der Waals surface area contributed by atoms with Crippen molar-refractivity contribution in [1.82, 2.24) is 4.98 Å². The minimum atomic E-state index is -1.36. The van der Waals surface area contributed by atoms with Gasteiger partial charge in [-0.05, 0) is 51.1 Å². The first-order valence-corrected chi connectivity index (χ1v) is 12.0. The fraction of sp³-hybridized carbons (Fsp3) is 0.357. The van der Waals surface area contributed by atoms with Gasteiger partial charge in [-0.25, -0.2) is 4.79 Å². The van der Waals surface area contributed by atoms with E-state index in [1.165, 1.54) is 7.11 Å². The Morgan fingerprint density at radius 3 is 2.57 bits per heavy atom. The molecule has 194 valence electrons. The number of ketones is 1. The molecule has 0 amide bonds. The number of aryl methyl sites for hydroxylation is 1. The van der Waals surface area contributed by atoms with Gasteiger partial charge >= 0.3 is 5.63 Å². The predicted octanol–water partition coefficient (Wildman–Crippen LogP) is 3.26. The third-order valence-electron chi connectivity index (χ3n) is 6.90. The van der Waals surface area contributed by atoms with Crippen LogP contribution in [0.4, 0.5) is 0 Å². The molecule has 4 aromatic rings. The third kappa shape index (κ3) is 4.55. The second kappa shape index (κ2) is 9.42. The van der Waals surface area contributed by atoms with Gasteiger partial charge in [0.05, 0.1) is 11.3 Å². The van der Waals surface area contributed by atoms with Crippen LogP contribution in [-0.4, -0.2) is 58.3 Å². The summed E-state index contributed by atoms with van der Waals surface area (Å²) in [5.74, 6) is 0.0963. The minimum Gasteiger partial charge on any atom is -0.462 e. The zero-order chi connectivity index (χ0) is 26.5. The van der Waals surface area contributed by atoms with Crippen LogP contribution in [0.1, 0.15) is 35.5 Å². The molecule has 0 radical (unpaired) electrons. The summed E-state index contributed by atoms with van der Waals surface area (Å²) in [7, 11) is 1.43. The van der Waals surface area contributed by atoms with Gasteiger partial charge in [0, 0.05) is 40.9 Å². The smallest absolute Gasteiger partial charge is 0.339 e.